The van der Waals surface area contributed by atoms with Gasteiger partial charge in [-0.3, -0.25) is 0 Å². The number of halogens is 2. The molecule has 1 saturated heterocycles. The lowest BCUT2D eigenvalue weighted by Gasteiger charge is -2.37. The molecule has 1 aliphatic carbocycles. The fourth-order valence-corrected chi connectivity index (χ4v) is 2.96. The Hall–Kier alpha value is 0.500. The number of nitrogens with zero attached hydrogens (tertiary/aromatic N) is 1. The first-order valence-corrected chi connectivity index (χ1v) is 5.16. The smallest absolute Gasteiger partial charge is 0.0133 e. The minimum atomic E-state index is 0. The van der Waals surface area contributed by atoms with Gasteiger partial charge in [0.05, 0.1) is 0 Å². The minimum Gasteiger partial charge on any atom is -0.316 e. The molecule has 2 rings (SSSR count). The molecule has 0 amide bonds. The van der Waals surface area contributed by atoms with Crippen LogP contribution in [0, 0.1) is 11.8 Å². The first-order chi connectivity index (χ1) is 5.79. The van der Waals surface area contributed by atoms with E-state index >= 15 is 0 Å². The minimum absolute atomic E-state index is 0. The van der Waals surface area contributed by atoms with Crippen LogP contribution in [0.5, 0.6) is 0 Å². The Morgan fingerprint density at radius 3 is 2.43 bits per heavy atom. The highest BCUT2D eigenvalue weighted by Crippen LogP contribution is 2.34. The molecule has 14 heavy (non-hydrogen) atoms. The van der Waals surface area contributed by atoms with E-state index in [2.05, 4.69) is 24.3 Å². The van der Waals surface area contributed by atoms with E-state index in [1.807, 2.05) is 0 Å². The second kappa shape index (κ2) is 6.16. The summed E-state index contributed by atoms with van der Waals surface area (Å²) in [7, 11) is 4.46. The van der Waals surface area contributed by atoms with Crippen molar-refractivity contribution in [2.75, 3.05) is 27.2 Å². The fraction of sp³-hybridized carbons (Fsp3) is 1.00. The number of hydrogen-bond acceptors (Lipinski definition) is 2. The van der Waals surface area contributed by atoms with Gasteiger partial charge in [-0.25, -0.2) is 0 Å². The van der Waals surface area contributed by atoms with Crippen molar-refractivity contribution in [3.63, 3.8) is 0 Å². The van der Waals surface area contributed by atoms with E-state index in [0.29, 0.717) is 0 Å². The third kappa shape index (κ3) is 2.75. The number of rotatable bonds is 1. The average molecular weight is 241 g/mol. The molecular weight excluding hydrogens is 219 g/mol. The topological polar surface area (TPSA) is 15.3 Å². The van der Waals surface area contributed by atoms with Gasteiger partial charge in [-0.2, -0.15) is 0 Å². The highest BCUT2D eigenvalue weighted by molar-refractivity contribution is 5.85. The average Bonchev–Trinajstić information content (AvgIpc) is 2.49. The molecular formula is C10H22Cl2N2. The van der Waals surface area contributed by atoms with Crippen LogP contribution in [0.2, 0.25) is 0 Å². The van der Waals surface area contributed by atoms with E-state index < -0.39 is 0 Å². The molecule has 1 heterocycles. The third-order valence-corrected chi connectivity index (χ3v) is 3.62. The first kappa shape index (κ1) is 14.5. The summed E-state index contributed by atoms with van der Waals surface area (Å²) in [5.41, 5.74) is 0. The lowest BCUT2D eigenvalue weighted by atomic mass is 9.77. The third-order valence-electron chi connectivity index (χ3n) is 3.62. The Balaban J connectivity index is 0.000000845. The summed E-state index contributed by atoms with van der Waals surface area (Å²) in [6.45, 7) is 2.53. The molecule has 0 bridgehead atoms. The molecule has 4 heteroatoms. The molecule has 2 nitrogen and oxygen atoms in total. The normalized spacial score (nSPS) is 35.8. The number of hydrogen-bond donors (Lipinski definition) is 1. The molecule has 0 spiro atoms. The van der Waals surface area contributed by atoms with Gasteiger partial charge < -0.3 is 10.2 Å². The molecule has 2 aliphatic rings. The Kier molecular flexibility index (Phi) is 6.38. The van der Waals surface area contributed by atoms with Crippen molar-refractivity contribution in [3.8, 4) is 0 Å². The van der Waals surface area contributed by atoms with E-state index in [-0.39, 0.29) is 24.8 Å². The van der Waals surface area contributed by atoms with Crippen LogP contribution in [0.3, 0.4) is 0 Å². The Bertz CT molecular complexity index is 164. The van der Waals surface area contributed by atoms with Crippen molar-refractivity contribution < 1.29 is 0 Å². The highest BCUT2D eigenvalue weighted by atomic mass is 35.5. The van der Waals surface area contributed by atoms with Crippen LogP contribution in [0.1, 0.15) is 19.3 Å². The number of nitrogens with one attached hydrogen (secondary N) is 1. The summed E-state index contributed by atoms with van der Waals surface area (Å²) in [6.07, 6.45) is 4.31. The van der Waals surface area contributed by atoms with Crippen molar-refractivity contribution >= 4 is 24.8 Å². The van der Waals surface area contributed by atoms with Gasteiger partial charge >= 0.3 is 0 Å². The second-order valence-electron chi connectivity index (χ2n) is 4.54. The van der Waals surface area contributed by atoms with Crippen molar-refractivity contribution in [2.45, 2.75) is 25.3 Å². The molecule has 86 valence electrons. The zero-order valence-corrected chi connectivity index (χ0v) is 10.7. The highest BCUT2D eigenvalue weighted by Gasteiger charge is 2.37. The van der Waals surface area contributed by atoms with E-state index in [0.717, 1.165) is 17.9 Å². The van der Waals surface area contributed by atoms with Gasteiger partial charge in [0.15, 0.2) is 0 Å². The van der Waals surface area contributed by atoms with E-state index in [1.54, 1.807) is 0 Å². The standard InChI is InChI=1S/C10H20N2.2ClH/c1-12(2)10-5-3-4-8-6-11-7-9(8)10;;/h8-11H,3-7H2,1-2H3;2*1H. The van der Waals surface area contributed by atoms with Gasteiger partial charge in [0.1, 0.15) is 0 Å². The molecule has 1 aliphatic heterocycles. The van der Waals surface area contributed by atoms with Gasteiger partial charge in [-0.05, 0) is 51.9 Å². The fourth-order valence-electron chi connectivity index (χ4n) is 2.96. The van der Waals surface area contributed by atoms with Gasteiger partial charge in [0.25, 0.3) is 0 Å². The maximum Gasteiger partial charge on any atom is 0.0133 e. The molecule has 1 N–H and O–H groups in total. The van der Waals surface area contributed by atoms with Crippen LogP contribution >= 0.6 is 24.8 Å². The molecule has 2 fully saturated rings. The molecule has 3 unspecified atom stereocenters. The Morgan fingerprint density at radius 2 is 1.79 bits per heavy atom. The summed E-state index contributed by atoms with van der Waals surface area (Å²) < 4.78 is 0. The number of fused-ring (bicyclic) bond motifs is 1. The first-order valence-electron chi connectivity index (χ1n) is 5.16. The van der Waals surface area contributed by atoms with Crippen LogP contribution in [0.4, 0.5) is 0 Å². The summed E-state index contributed by atoms with van der Waals surface area (Å²) >= 11 is 0. The maximum absolute atomic E-state index is 3.52. The lowest BCUT2D eigenvalue weighted by Crippen LogP contribution is -2.41. The van der Waals surface area contributed by atoms with Crippen LogP contribution in [0.25, 0.3) is 0 Å². The summed E-state index contributed by atoms with van der Waals surface area (Å²) in [4.78, 5) is 2.42. The summed E-state index contributed by atoms with van der Waals surface area (Å²) in [5.74, 6) is 1.92. The van der Waals surface area contributed by atoms with Crippen LogP contribution in [-0.4, -0.2) is 38.1 Å². The van der Waals surface area contributed by atoms with E-state index in [1.165, 1.54) is 32.4 Å². The quantitative estimate of drug-likeness (QED) is 0.752. The summed E-state index contributed by atoms with van der Waals surface area (Å²) in [5, 5.41) is 3.52. The zero-order chi connectivity index (χ0) is 8.55. The molecule has 0 aromatic rings. The summed E-state index contributed by atoms with van der Waals surface area (Å²) in [6, 6.07) is 0.846. The Morgan fingerprint density at radius 1 is 1.07 bits per heavy atom. The molecule has 0 aromatic heterocycles. The molecule has 3 atom stereocenters. The second-order valence-corrected chi connectivity index (χ2v) is 4.54. The van der Waals surface area contributed by atoms with Crippen molar-refractivity contribution in [1.82, 2.24) is 10.2 Å². The van der Waals surface area contributed by atoms with Crippen molar-refractivity contribution in [3.05, 3.63) is 0 Å². The van der Waals surface area contributed by atoms with E-state index in [4.69, 9.17) is 0 Å². The predicted octanol–water partition coefficient (Wildman–Crippen LogP) is 1.78. The van der Waals surface area contributed by atoms with Crippen LogP contribution in [0.15, 0.2) is 0 Å². The largest absolute Gasteiger partial charge is 0.316 e. The van der Waals surface area contributed by atoms with Gasteiger partial charge in [-0.15, -0.1) is 24.8 Å². The molecule has 0 radical (unpaired) electrons. The monoisotopic (exact) mass is 240 g/mol. The maximum atomic E-state index is 3.52. The molecule has 0 aromatic carbocycles. The SMILES string of the molecule is CN(C)C1CCCC2CNCC21.Cl.Cl. The Labute approximate surface area is 99.6 Å². The van der Waals surface area contributed by atoms with Gasteiger partial charge in [-0.1, -0.05) is 6.42 Å². The predicted molar refractivity (Wildman–Crippen MR) is 65.7 cm³/mol. The van der Waals surface area contributed by atoms with Crippen molar-refractivity contribution in [1.29, 1.82) is 0 Å². The van der Waals surface area contributed by atoms with Gasteiger partial charge in [0, 0.05) is 6.04 Å². The van der Waals surface area contributed by atoms with E-state index in [9.17, 15) is 0 Å². The lowest BCUT2D eigenvalue weighted by molar-refractivity contribution is 0.134. The molecule has 1 saturated carbocycles. The zero-order valence-electron chi connectivity index (χ0n) is 9.03. The van der Waals surface area contributed by atoms with Crippen molar-refractivity contribution in [2.24, 2.45) is 11.8 Å². The van der Waals surface area contributed by atoms with Gasteiger partial charge in [0.2, 0.25) is 0 Å². The van der Waals surface area contributed by atoms with Crippen LogP contribution < -0.4 is 5.32 Å². The van der Waals surface area contributed by atoms with Crippen LogP contribution in [-0.2, 0) is 0 Å².